The summed E-state index contributed by atoms with van der Waals surface area (Å²) in [7, 11) is 0. The van der Waals surface area contributed by atoms with Gasteiger partial charge in [0.15, 0.2) is 5.69 Å². The first-order valence-corrected chi connectivity index (χ1v) is 6.94. The van der Waals surface area contributed by atoms with E-state index >= 15 is 0 Å². The molecule has 1 aromatic carbocycles. The van der Waals surface area contributed by atoms with Crippen LogP contribution in [0, 0.1) is 0 Å². The van der Waals surface area contributed by atoms with Crippen LogP contribution in [0.15, 0.2) is 34.8 Å². The van der Waals surface area contributed by atoms with Gasteiger partial charge >= 0.3 is 5.97 Å². The number of carbonyl (C=O) groups is 1. The van der Waals surface area contributed by atoms with Crippen molar-refractivity contribution in [2.45, 2.75) is 26.3 Å². The SMILES string of the molecule is CCc1cc(C(=O)O)nn1CCc1ccc(Br)cc1. The normalized spacial score (nSPS) is 10.6. The van der Waals surface area contributed by atoms with Crippen molar-refractivity contribution in [2.75, 3.05) is 0 Å². The molecular weight excluding hydrogens is 308 g/mol. The van der Waals surface area contributed by atoms with E-state index < -0.39 is 5.97 Å². The number of aromatic nitrogens is 2. The van der Waals surface area contributed by atoms with Crippen LogP contribution in [0.25, 0.3) is 0 Å². The molecule has 0 aliphatic heterocycles. The zero-order valence-electron chi connectivity index (χ0n) is 10.6. The molecule has 5 heteroatoms. The zero-order chi connectivity index (χ0) is 13.8. The highest BCUT2D eigenvalue weighted by Gasteiger charge is 2.11. The summed E-state index contributed by atoms with van der Waals surface area (Å²) < 4.78 is 2.84. The van der Waals surface area contributed by atoms with Crippen molar-refractivity contribution in [3.63, 3.8) is 0 Å². The summed E-state index contributed by atoms with van der Waals surface area (Å²) in [6.07, 6.45) is 1.61. The molecule has 1 heterocycles. The molecule has 1 N–H and O–H groups in total. The molecule has 0 aliphatic rings. The smallest absolute Gasteiger partial charge is 0.356 e. The van der Waals surface area contributed by atoms with Crippen molar-refractivity contribution in [3.8, 4) is 0 Å². The van der Waals surface area contributed by atoms with E-state index in [1.165, 1.54) is 5.56 Å². The van der Waals surface area contributed by atoms with Crippen LogP contribution in [0.4, 0.5) is 0 Å². The molecule has 0 saturated carbocycles. The molecule has 0 aliphatic carbocycles. The van der Waals surface area contributed by atoms with Gasteiger partial charge in [-0.05, 0) is 36.6 Å². The lowest BCUT2D eigenvalue weighted by atomic mass is 10.1. The fourth-order valence-electron chi connectivity index (χ4n) is 1.92. The van der Waals surface area contributed by atoms with E-state index in [1.807, 2.05) is 19.1 Å². The van der Waals surface area contributed by atoms with E-state index in [1.54, 1.807) is 10.7 Å². The molecule has 0 unspecified atom stereocenters. The third kappa shape index (κ3) is 3.44. The highest BCUT2D eigenvalue weighted by Crippen LogP contribution is 2.12. The first-order valence-electron chi connectivity index (χ1n) is 6.14. The Morgan fingerprint density at radius 1 is 1.37 bits per heavy atom. The van der Waals surface area contributed by atoms with E-state index in [4.69, 9.17) is 5.11 Å². The van der Waals surface area contributed by atoms with Crippen LogP contribution in [-0.2, 0) is 19.4 Å². The predicted octanol–water partition coefficient (Wildman–Crippen LogP) is 3.15. The Bertz CT molecular complexity index is 576. The van der Waals surface area contributed by atoms with Gasteiger partial charge in [-0.15, -0.1) is 0 Å². The van der Waals surface area contributed by atoms with Crippen LogP contribution >= 0.6 is 15.9 Å². The highest BCUT2D eigenvalue weighted by molar-refractivity contribution is 9.10. The Balaban J connectivity index is 2.10. The lowest BCUT2D eigenvalue weighted by molar-refractivity contribution is 0.0689. The number of carboxylic acid groups (broad SMARTS) is 1. The van der Waals surface area contributed by atoms with E-state index in [0.29, 0.717) is 6.54 Å². The first kappa shape index (κ1) is 13.8. The topological polar surface area (TPSA) is 55.1 Å². The second-order valence-electron chi connectivity index (χ2n) is 4.28. The van der Waals surface area contributed by atoms with Crippen molar-refractivity contribution < 1.29 is 9.90 Å². The molecule has 100 valence electrons. The Hall–Kier alpha value is -1.62. The fraction of sp³-hybridized carbons (Fsp3) is 0.286. The molecule has 1 aromatic heterocycles. The number of benzene rings is 1. The molecule has 0 atom stereocenters. The van der Waals surface area contributed by atoms with Crippen LogP contribution in [0.3, 0.4) is 0 Å². The van der Waals surface area contributed by atoms with Gasteiger partial charge < -0.3 is 5.11 Å². The summed E-state index contributed by atoms with van der Waals surface area (Å²) in [5.41, 5.74) is 2.28. The number of aromatic carboxylic acids is 1. The monoisotopic (exact) mass is 322 g/mol. The fourth-order valence-corrected chi connectivity index (χ4v) is 2.19. The summed E-state index contributed by atoms with van der Waals surface area (Å²) in [5.74, 6) is -0.975. The van der Waals surface area contributed by atoms with Gasteiger partial charge in [-0.2, -0.15) is 5.10 Å². The molecule has 0 radical (unpaired) electrons. The quantitative estimate of drug-likeness (QED) is 0.920. The summed E-state index contributed by atoms with van der Waals surface area (Å²) >= 11 is 3.40. The minimum Gasteiger partial charge on any atom is -0.476 e. The van der Waals surface area contributed by atoms with Gasteiger partial charge in [0.1, 0.15) is 0 Å². The van der Waals surface area contributed by atoms with E-state index in [0.717, 1.165) is 23.0 Å². The molecule has 4 nitrogen and oxygen atoms in total. The molecule has 2 rings (SSSR count). The average molecular weight is 323 g/mol. The van der Waals surface area contributed by atoms with Crippen LogP contribution in [-0.4, -0.2) is 20.9 Å². The molecule has 0 spiro atoms. The Labute approximate surface area is 120 Å². The Kier molecular flexibility index (Phi) is 4.37. The van der Waals surface area contributed by atoms with E-state index in [-0.39, 0.29) is 5.69 Å². The first-order chi connectivity index (χ1) is 9.10. The summed E-state index contributed by atoms with van der Waals surface area (Å²) in [6.45, 7) is 2.69. The number of hydrogen-bond acceptors (Lipinski definition) is 2. The molecular formula is C14H15BrN2O2. The maximum atomic E-state index is 10.9. The Morgan fingerprint density at radius 3 is 2.63 bits per heavy atom. The lowest BCUT2D eigenvalue weighted by Gasteiger charge is -2.06. The molecule has 0 fully saturated rings. The predicted molar refractivity (Wildman–Crippen MR) is 76.4 cm³/mol. The van der Waals surface area contributed by atoms with Gasteiger partial charge in [-0.25, -0.2) is 4.79 Å². The molecule has 19 heavy (non-hydrogen) atoms. The van der Waals surface area contributed by atoms with Gasteiger partial charge in [-0.1, -0.05) is 35.0 Å². The van der Waals surface area contributed by atoms with Crippen molar-refractivity contribution >= 4 is 21.9 Å². The third-order valence-corrected chi connectivity index (χ3v) is 3.50. The van der Waals surface area contributed by atoms with Gasteiger partial charge in [0.2, 0.25) is 0 Å². The van der Waals surface area contributed by atoms with Crippen molar-refractivity contribution in [2.24, 2.45) is 0 Å². The van der Waals surface area contributed by atoms with Crippen molar-refractivity contribution in [3.05, 3.63) is 51.8 Å². The number of aryl methyl sites for hydroxylation is 3. The second-order valence-corrected chi connectivity index (χ2v) is 5.19. The molecule has 0 saturated heterocycles. The van der Waals surface area contributed by atoms with Gasteiger partial charge in [-0.3, -0.25) is 4.68 Å². The van der Waals surface area contributed by atoms with E-state index in [9.17, 15) is 4.79 Å². The minimum atomic E-state index is -0.975. The number of hydrogen-bond donors (Lipinski definition) is 1. The highest BCUT2D eigenvalue weighted by atomic mass is 79.9. The zero-order valence-corrected chi connectivity index (χ0v) is 12.2. The maximum Gasteiger partial charge on any atom is 0.356 e. The summed E-state index contributed by atoms with van der Waals surface area (Å²) in [4.78, 5) is 10.9. The van der Waals surface area contributed by atoms with Gasteiger partial charge in [0.25, 0.3) is 0 Å². The largest absolute Gasteiger partial charge is 0.476 e. The Morgan fingerprint density at radius 2 is 2.05 bits per heavy atom. The molecule has 0 amide bonds. The van der Waals surface area contributed by atoms with Crippen LogP contribution in [0.5, 0.6) is 0 Å². The third-order valence-electron chi connectivity index (χ3n) is 2.97. The van der Waals surface area contributed by atoms with Crippen LogP contribution in [0.1, 0.15) is 28.7 Å². The number of rotatable bonds is 5. The maximum absolute atomic E-state index is 10.9. The van der Waals surface area contributed by atoms with E-state index in [2.05, 4.69) is 33.2 Å². The minimum absolute atomic E-state index is 0.118. The molecule has 2 aromatic rings. The lowest BCUT2D eigenvalue weighted by Crippen LogP contribution is -2.08. The van der Waals surface area contributed by atoms with Gasteiger partial charge in [0, 0.05) is 16.7 Å². The van der Waals surface area contributed by atoms with Crippen LogP contribution < -0.4 is 0 Å². The number of carboxylic acids is 1. The second kappa shape index (κ2) is 6.02. The standard InChI is InChI=1S/C14H15BrN2O2/c1-2-12-9-13(14(18)19)16-17(12)8-7-10-3-5-11(15)6-4-10/h3-6,9H,2,7-8H2,1H3,(H,18,19). The van der Waals surface area contributed by atoms with Crippen molar-refractivity contribution in [1.82, 2.24) is 9.78 Å². The summed E-state index contributed by atoms with van der Waals surface area (Å²) in [6, 6.07) is 9.75. The van der Waals surface area contributed by atoms with Crippen molar-refractivity contribution in [1.29, 1.82) is 0 Å². The number of halogens is 1. The van der Waals surface area contributed by atoms with Gasteiger partial charge in [0.05, 0.1) is 0 Å². The van der Waals surface area contributed by atoms with Crippen LogP contribution in [0.2, 0.25) is 0 Å². The molecule has 0 bridgehead atoms. The average Bonchev–Trinajstić information content (AvgIpc) is 2.81. The summed E-state index contributed by atoms with van der Waals surface area (Å²) in [5, 5.41) is 13.1. The number of nitrogens with zero attached hydrogens (tertiary/aromatic N) is 2.